The predicted molar refractivity (Wildman–Crippen MR) is 68.5 cm³/mol. The van der Waals surface area contributed by atoms with E-state index in [4.69, 9.17) is 5.73 Å². The maximum absolute atomic E-state index is 5.60. The average Bonchev–Trinajstić information content (AvgIpc) is 2.30. The maximum Gasteiger partial charge on any atom is 0.0237 e. The zero-order chi connectivity index (χ0) is 11.4. The summed E-state index contributed by atoms with van der Waals surface area (Å²) >= 11 is 0. The van der Waals surface area contributed by atoms with E-state index >= 15 is 0 Å². The predicted octanol–water partition coefficient (Wildman–Crippen LogP) is 1.96. The lowest BCUT2D eigenvalue weighted by atomic mass is 9.96. The van der Waals surface area contributed by atoms with Crippen molar-refractivity contribution >= 4 is 0 Å². The first-order valence-electron chi connectivity index (χ1n) is 6.36. The van der Waals surface area contributed by atoms with Gasteiger partial charge in [0.1, 0.15) is 0 Å². The first-order valence-corrected chi connectivity index (χ1v) is 6.36. The van der Waals surface area contributed by atoms with Gasteiger partial charge in [-0.3, -0.25) is 4.90 Å². The molecule has 0 radical (unpaired) electrons. The molecule has 2 rings (SSSR count). The van der Waals surface area contributed by atoms with Gasteiger partial charge in [-0.25, -0.2) is 0 Å². The quantitative estimate of drug-likeness (QED) is 0.837. The molecule has 1 aromatic carbocycles. The molecule has 0 amide bonds. The molecule has 0 aliphatic carbocycles. The van der Waals surface area contributed by atoms with Crippen LogP contribution in [0.15, 0.2) is 18.2 Å². The van der Waals surface area contributed by atoms with Crippen LogP contribution in [0, 0.1) is 0 Å². The molecule has 0 atom stereocenters. The van der Waals surface area contributed by atoms with Crippen LogP contribution in [0.5, 0.6) is 0 Å². The minimum absolute atomic E-state index is 0.767. The van der Waals surface area contributed by atoms with Crippen LogP contribution in [0.4, 0.5) is 0 Å². The standard InChI is InChI=1S/C14H22N2/c1-2-3-12-4-5-14-11-16(9-7-15)8-6-13(14)10-12/h4-5,10H,2-3,6-9,11,15H2,1H3. The van der Waals surface area contributed by atoms with Gasteiger partial charge in [0.05, 0.1) is 0 Å². The molecular formula is C14H22N2. The van der Waals surface area contributed by atoms with E-state index in [1.807, 2.05) is 0 Å². The van der Waals surface area contributed by atoms with Crippen LogP contribution < -0.4 is 5.73 Å². The molecule has 0 saturated heterocycles. The summed E-state index contributed by atoms with van der Waals surface area (Å²) in [5, 5.41) is 0. The van der Waals surface area contributed by atoms with Crippen molar-refractivity contribution < 1.29 is 0 Å². The van der Waals surface area contributed by atoms with Crippen molar-refractivity contribution in [2.45, 2.75) is 32.7 Å². The Labute approximate surface area is 98.4 Å². The summed E-state index contributed by atoms with van der Waals surface area (Å²) in [4.78, 5) is 2.45. The summed E-state index contributed by atoms with van der Waals surface area (Å²) in [5.41, 5.74) is 10.1. The van der Waals surface area contributed by atoms with Gasteiger partial charge in [0.25, 0.3) is 0 Å². The number of benzene rings is 1. The van der Waals surface area contributed by atoms with Gasteiger partial charge in [-0.05, 0) is 29.5 Å². The van der Waals surface area contributed by atoms with E-state index in [2.05, 4.69) is 30.0 Å². The minimum atomic E-state index is 0.767. The molecule has 1 heterocycles. The van der Waals surface area contributed by atoms with E-state index in [1.54, 1.807) is 5.56 Å². The SMILES string of the molecule is CCCc1ccc2c(c1)CCN(CCN)C2. The van der Waals surface area contributed by atoms with Crippen molar-refractivity contribution in [3.05, 3.63) is 34.9 Å². The second-order valence-electron chi connectivity index (χ2n) is 4.67. The molecule has 0 aromatic heterocycles. The maximum atomic E-state index is 5.60. The van der Waals surface area contributed by atoms with E-state index in [-0.39, 0.29) is 0 Å². The highest BCUT2D eigenvalue weighted by atomic mass is 15.1. The molecule has 2 heteroatoms. The molecular weight excluding hydrogens is 196 g/mol. The molecule has 2 nitrogen and oxygen atoms in total. The molecule has 0 unspecified atom stereocenters. The topological polar surface area (TPSA) is 29.3 Å². The number of rotatable bonds is 4. The molecule has 16 heavy (non-hydrogen) atoms. The summed E-state index contributed by atoms with van der Waals surface area (Å²) in [6.07, 6.45) is 3.63. The number of hydrogen-bond acceptors (Lipinski definition) is 2. The van der Waals surface area contributed by atoms with Crippen LogP contribution >= 0.6 is 0 Å². The van der Waals surface area contributed by atoms with Crippen LogP contribution in [-0.2, 0) is 19.4 Å². The Morgan fingerprint density at radius 2 is 2.19 bits per heavy atom. The monoisotopic (exact) mass is 218 g/mol. The second-order valence-corrected chi connectivity index (χ2v) is 4.67. The third-order valence-corrected chi connectivity index (χ3v) is 3.35. The van der Waals surface area contributed by atoms with Crippen LogP contribution in [0.3, 0.4) is 0 Å². The smallest absolute Gasteiger partial charge is 0.0237 e. The highest BCUT2D eigenvalue weighted by Gasteiger charge is 2.15. The lowest BCUT2D eigenvalue weighted by Gasteiger charge is -2.28. The van der Waals surface area contributed by atoms with Gasteiger partial charge in [-0.15, -0.1) is 0 Å². The summed E-state index contributed by atoms with van der Waals surface area (Å²) < 4.78 is 0. The number of aryl methyl sites for hydroxylation is 1. The second kappa shape index (κ2) is 5.46. The van der Waals surface area contributed by atoms with Crippen molar-refractivity contribution in [3.8, 4) is 0 Å². The Bertz CT molecular complexity index is 347. The Balaban J connectivity index is 2.09. The summed E-state index contributed by atoms with van der Waals surface area (Å²) in [6, 6.07) is 7.00. The first-order chi connectivity index (χ1) is 7.83. The summed E-state index contributed by atoms with van der Waals surface area (Å²) in [6.45, 7) is 6.28. The number of nitrogens with zero attached hydrogens (tertiary/aromatic N) is 1. The highest BCUT2D eigenvalue weighted by molar-refractivity contribution is 5.33. The molecule has 1 aromatic rings. The number of hydrogen-bond donors (Lipinski definition) is 1. The van der Waals surface area contributed by atoms with E-state index in [9.17, 15) is 0 Å². The molecule has 88 valence electrons. The Kier molecular flexibility index (Phi) is 3.97. The highest BCUT2D eigenvalue weighted by Crippen LogP contribution is 2.20. The largest absolute Gasteiger partial charge is 0.329 e. The van der Waals surface area contributed by atoms with Crippen LogP contribution in [-0.4, -0.2) is 24.5 Å². The van der Waals surface area contributed by atoms with Gasteiger partial charge in [0.2, 0.25) is 0 Å². The van der Waals surface area contributed by atoms with Crippen molar-refractivity contribution in [2.75, 3.05) is 19.6 Å². The van der Waals surface area contributed by atoms with Gasteiger partial charge < -0.3 is 5.73 Å². The Morgan fingerprint density at radius 1 is 1.31 bits per heavy atom. The zero-order valence-corrected chi connectivity index (χ0v) is 10.2. The van der Waals surface area contributed by atoms with Crippen molar-refractivity contribution in [1.29, 1.82) is 0 Å². The van der Waals surface area contributed by atoms with Crippen molar-refractivity contribution in [2.24, 2.45) is 5.73 Å². The van der Waals surface area contributed by atoms with Gasteiger partial charge in [-0.1, -0.05) is 31.5 Å². The average molecular weight is 218 g/mol. The summed E-state index contributed by atoms with van der Waals surface area (Å²) in [5.74, 6) is 0. The zero-order valence-electron chi connectivity index (χ0n) is 10.2. The fourth-order valence-corrected chi connectivity index (χ4v) is 2.48. The third kappa shape index (κ3) is 2.63. The molecule has 0 fully saturated rings. The van der Waals surface area contributed by atoms with Gasteiger partial charge in [0.15, 0.2) is 0 Å². The molecule has 0 spiro atoms. The lowest BCUT2D eigenvalue weighted by molar-refractivity contribution is 0.261. The summed E-state index contributed by atoms with van der Waals surface area (Å²) in [7, 11) is 0. The normalized spacial score (nSPS) is 16.1. The fraction of sp³-hybridized carbons (Fsp3) is 0.571. The number of nitrogens with two attached hydrogens (primary N) is 1. The van der Waals surface area contributed by atoms with E-state index in [0.29, 0.717) is 0 Å². The molecule has 2 N–H and O–H groups in total. The molecule has 0 saturated carbocycles. The van der Waals surface area contributed by atoms with E-state index in [1.165, 1.54) is 36.9 Å². The number of fused-ring (bicyclic) bond motifs is 1. The first kappa shape index (κ1) is 11.6. The van der Waals surface area contributed by atoms with Gasteiger partial charge >= 0.3 is 0 Å². The van der Waals surface area contributed by atoms with Crippen molar-refractivity contribution in [3.63, 3.8) is 0 Å². The van der Waals surface area contributed by atoms with Crippen molar-refractivity contribution in [1.82, 2.24) is 4.90 Å². The van der Waals surface area contributed by atoms with E-state index < -0.39 is 0 Å². The minimum Gasteiger partial charge on any atom is -0.329 e. The van der Waals surface area contributed by atoms with Crippen LogP contribution in [0.25, 0.3) is 0 Å². The van der Waals surface area contributed by atoms with Crippen LogP contribution in [0.2, 0.25) is 0 Å². The Morgan fingerprint density at radius 3 is 2.94 bits per heavy atom. The van der Waals surface area contributed by atoms with Gasteiger partial charge in [-0.2, -0.15) is 0 Å². The Hall–Kier alpha value is -0.860. The molecule has 1 aliphatic rings. The third-order valence-electron chi connectivity index (χ3n) is 3.35. The lowest BCUT2D eigenvalue weighted by Crippen LogP contribution is -2.34. The van der Waals surface area contributed by atoms with E-state index in [0.717, 1.165) is 19.6 Å². The molecule has 0 bridgehead atoms. The fourth-order valence-electron chi connectivity index (χ4n) is 2.48. The molecule has 1 aliphatic heterocycles. The van der Waals surface area contributed by atoms with Crippen LogP contribution in [0.1, 0.15) is 30.0 Å². The van der Waals surface area contributed by atoms with Gasteiger partial charge in [0, 0.05) is 26.2 Å².